The number of alkyl carbamates (subject to hydrolysis) is 1. The number of hydrogen-bond donors (Lipinski definition) is 1. The van der Waals surface area contributed by atoms with Crippen LogP contribution in [0.2, 0.25) is 0 Å². The summed E-state index contributed by atoms with van der Waals surface area (Å²) in [6.45, 7) is 5.22. The van der Waals surface area contributed by atoms with Gasteiger partial charge in [-0.15, -0.1) is 13.2 Å². The molecule has 168 valence electrons. The standard InChI is InChI=1S/C22H21F3N4O3/c1-21(2,3)32-20(30)27-11-14-9-16(18-19(17(14)10-26)29(4)12-28-18)13-5-7-15(8-6-13)31-22(23,24)25/h5-9,12H,11H2,1-4H3,(H,27,30). The zero-order chi connectivity index (χ0) is 23.7. The molecule has 0 aliphatic rings. The first-order valence-corrected chi connectivity index (χ1v) is 9.58. The smallest absolute Gasteiger partial charge is 0.444 e. The predicted octanol–water partition coefficient (Wildman–Crippen LogP) is 5.04. The molecule has 3 rings (SSSR count). The molecule has 2 aromatic carbocycles. The maximum absolute atomic E-state index is 12.5. The van der Waals surface area contributed by atoms with E-state index in [0.29, 0.717) is 33.3 Å². The average Bonchev–Trinajstić information content (AvgIpc) is 3.05. The summed E-state index contributed by atoms with van der Waals surface area (Å²) in [6.07, 6.45) is -3.88. The maximum Gasteiger partial charge on any atom is 0.573 e. The number of rotatable bonds is 4. The van der Waals surface area contributed by atoms with E-state index < -0.39 is 18.1 Å². The third-order valence-electron chi connectivity index (χ3n) is 4.40. The van der Waals surface area contributed by atoms with Gasteiger partial charge in [0.05, 0.1) is 22.9 Å². The van der Waals surface area contributed by atoms with Gasteiger partial charge in [-0.3, -0.25) is 0 Å². The molecule has 1 N–H and O–H groups in total. The minimum atomic E-state index is -4.79. The van der Waals surface area contributed by atoms with Crippen molar-refractivity contribution in [3.05, 3.63) is 47.8 Å². The third-order valence-corrected chi connectivity index (χ3v) is 4.40. The van der Waals surface area contributed by atoms with E-state index in [1.165, 1.54) is 24.3 Å². The molecule has 0 fully saturated rings. The number of aromatic nitrogens is 2. The van der Waals surface area contributed by atoms with E-state index in [-0.39, 0.29) is 12.3 Å². The van der Waals surface area contributed by atoms with Crippen LogP contribution in [0.15, 0.2) is 36.7 Å². The monoisotopic (exact) mass is 446 g/mol. The van der Waals surface area contributed by atoms with Gasteiger partial charge in [-0.05, 0) is 50.1 Å². The molecule has 0 unspecified atom stereocenters. The normalized spacial score (nSPS) is 11.8. The zero-order valence-corrected chi connectivity index (χ0v) is 17.9. The molecule has 0 bridgehead atoms. The number of alkyl halides is 3. The second kappa shape index (κ2) is 8.42. The summed E-state index contributed by atoms with van der Waals surface area (Å²) in [4.78, 5) is 16.4. The Morgan fingerprint density at radius 1 is 1.22 bits per heavy atom. The second-order valence-corrected chi connectivity index (χ2v) is 8.05. The van der Waals surface area contributed by atoms with Gasteiger partial charge >= 0.3 is 12.5 Å². The molecule has 0 radical (unpaired) electrons. The largest absolute Gasteiger partial charge is 0.573 e. The van der Waals surface area contributed by atoms with Crippen LogP contribution in [0.4, 0.5) is 18.0 Å². The van der Waals surface area contributed by atoms with Crippen molar-refractivity contribution in [2.75, 3.05) is 0 Å². The maximum atomic E-state index is 12.5. The number of amides is 1. The average molecular weight is 446 g/mol. The van der Waals surface area contributed by atoms with Gasteiger partial charge < -0.3 is 19.4 Å². The summed E-state index contributed by atoms with van der Waals surface area (Å²) >= 11 is 0. The highest BCUT2D eigenvalue weighted by atomic mass is 19.4. The van der Waals surface area contributed by atoms with Gasteiger partial charge in [0.1, 0.15) is 17.4 Å². The Morgan fingerprint density at radius 2 is 1.88 bits per heavy atom. The number of carbonyl (C=O) groups is 1. The summed E-state index contributed by atoms with van der Waals surface area (Å²) in [6, 6.07) is 9.19. The van der Waals surface area contributed by atoms with Crippen LogP contribution in [-0.4, -0.2) is 27.6 Å². The number of ether oxygens (including phenoxy) is 2. The molecule has 0 spiro atoms. The molecular formula is C22H21F3N4O3. The number of nitrogens with zero attached hydrogens (tertiary/aromatic N) is 3. The van der Waals surface area contributed by atoms with Crippen molar-refractivity contribution in [3.63, 3.8) is 0 Å². The van der Waals surface area contributed by atoms with Crippen molar-refractivity contribution >= 4 is 17.1 Å². The lowest BCUT2D eigenvalue weighted by atomic mass is 9.97. The Balaban J connectivity index is 2.02. The first kappa shape index (κ1) is 22.9. The summed E-state index contributed by atoms with van der Waals surface area (Å²) in [5, 5.41) is 12.4. The van der Waals surface area contributed by atoms with Gasteiger partial charge in [-0.25, -0.2) is 9.78 Å². The molecule has 1 amide bonds. The Morgan fingerprint density at radius 3 is 2.44 bits per heavy atom. The van der Waals surface area contributed by atoms with Crippen LogP contribution in [-0.2, 0) is 18.3 Å². The number of aryl methyl sites for hydroxylation is 1. The fourth-order valence-corrected chi connectivity index (χ4v) is 3.19. The first-order valence-electron chi connectivity index (χ1n) is 9.58. The van der Waals surface area contributed by atoms with Gasteiger partial charge in [0.2, 0.25) is 0 Å². The molecule has 0 atom stereocenters. The number of halogens is 3. The summed E-state index contributed by atoms with van der Waals surface area (Å²) < 4.78 is 48.2. The van der Waals surface area contributed by atoms with Crippen molar-refractivity contribution in [2.45, 2.75) is 39.3 Å². The highest BCUT2D eigenvalue weighted by Gasteiger charge is 2.31. The number of hydrogen-bond acceptors (Lipinski definition) is 5. The van der Waals surface area contributed by atoms with Crippen molar-refractivity contribution in [1.82, 2.24) is 14.9 Å². The van der Waals surface area contributed by atoms with E-state index in [1.54, 1.807) is 44.8 Å². The van der Waals surface area contributed by atoms with Crippen molar-refractivity contribution < 1.29 is 27.4 Å². The SMILES string of the molecule is Cn1cnc2c(-c3ccc(OC(F)(F)F)cc3)cc(CNC(=O)OC(C)(C)C)c(C#N)c21. The summed E-state index contributed by atoms with van der Waals surface area (Å²) in [5.74, 6) is -0.348. The molecule has 0 saturated heterocycles. The molecule has 7 nitrogen and oxygen atoms in total. The molecule has 1 heterocycles. The number of imidazole rings is 1. The lowest BCUT2D eigenvalue weighted by molar-refractivity contribution is -0.274. The lowest BCUT2D eigenvalue weighted by Gasteiger charge is -2.20. The molecule has 1 aromatic heterocycles. The van der Waals surface area contributed by atoms with E-state index in [9.17, 15) is 23.2 Å². The molecule has 0 saturated carbocycles. The molecule has 0 aliphatic heterocycles. The number of nitriles is 1. The Kier molecular flexibility index (Phi) is 6.03. The minimum Gasteiger partial charge on any atom is -0.444 e. The van der Waals surface area contributed by atoms with Gasteiger partial charge in [0.25, 0.3) is 0 Å². The van der Waals surface area contributed by atoms with Crippen molar-refractivity contribution in [2.24, 2.45) is 7.05 Å². The van der Waals surface area contributed by atoms with Gasteiger partial charge in [0, 0.05) is 19.2 Å². The van der Waals surface area contributed by atoms with Crippen LogP contribution in [0, 0.1) is 11.3 Å². The van der Waals surface area contributed by atoms with Gasteiger partial charge in [0.15, 0.2) is 0 Å². The van der Waals surface area contributed by atoms with Crippen LogP contribution in [0.25, 0.3) is 22.2 Å². The van der Waals surface area contributed by atoms with Gasteiger partial charge in [-0.1, -0.05) is 12.1 Å². The minimum absolute atomic E-state index is 0.0151. The van der Waals surface area contributed by atoms with Crippen LogP contribution in [0.5, 0.6) is 5.75 Å². The molecule has 3 aromatic rings. The van der Waals surface area contributed by atoms with E-state index in [1.807, 2.05) is 0 Å². The van der Waals surface area contributed by atoms with E-state index in [2.05, 4.69) is 21.1 Å². The van der Waals surface area contributed by atoms with E-state index in [0.717, 1.165) is 0 Å². The number of benzene rings is 2. The Hall–Kier alpha value is -3.74. The van der Waals surface area contributed by atoms with E-state index in [4.69, 9.17) is 4.74 Å². The Labute approximate surface area is 182 Å². The van der Waals surface area contributed by atoms with Gasteiger partial charge in [-0.2, -0.15) is 5.26 Å². The van der Waals surface area contributed by atoms with Crippen LogP contribution in [0.1, 0.15) is 31.9 Å². The molecule has 0 aliphatic carbocycles. The number of nitrogens with one attached hydrogen (secondary N) is 1. The first-order chi connectivity index (χ1) is 14.9. The van der Waals surface area contributed by atoms with Crippen LogP contribution < -0.4 is 10.1 Å². The topological polar surface area (TPSA) is 89.2 Å². The number of carbonyl (C=O) groups excluding carboxylic acids is 1. The Bertz CT molecular complexity index is 1190. The summed E-state index contributed by atoms with van der Waals surface area (Å²) in [7, 11) is 1.73. The van der Waals surface area contributed by atoms with Crippen molar-refractivity contribution in [3.8, 4) is 22.9 Å². The van der Waals surface area contributed by atoms with Crippen molar-refractivity contribution in [1.29, 1.82) is 5.26 Å². The second-order valence-electron chi connectivity index (χ2n) is 8.05. The zero-order valence-electron chi connectivity index (χ0n) is 17.9. The van der Waals surface area contributed by atoms with Crippen LogP contribution in [0.3, 0.4) is 0 Å². The predicted molar refractivity (Wildman–Crippen MR) is 111 cm³/mol. The van der Waals surface area contributed by atoms with Crippen LogP contribution >= 0.6 is 0 Å². The molecular weight excluding hydrogens is 425 g/mol. The summed E-state index contributed by atoms with van der Waals surface area (Å²) in [5.41, 5.74) is 2.39. The fourth-order valence-electron chi connectivity index (χ4n) is 3.19. The quantitative estimate of drug-likeness (QED) is 0.607. The lowest BCUT2D eigenvalue weighted by Crippen LogP contribution is -2.32. The van der Waals surface area contributed by atoms with E-state index >= 15 is 0 Å². The molecule has 32 heavy (non-hydrogen) atoms. The number of fused-ring (bicyclic) bond motifs is 1. The molecule has 10 heteroatoms. The highest BCUT2D eigenvalue weighted by Crippen LogP contribution is 2.34. The fraction of sp³-hybridized carbons (Fsp3) is 0.318. The third kappa shape index (κ3) is 5.29. The highest BCUT2D eigenvalue weighted by molar-refractivity contribution is 5.96.